The van der Waals surface area contributed by atoms with Crippen LogP contribution in [0.4, 0.5) is 4.79 Å². The van der Waals surface area contributed by atoms with Gasteiger partial charge in [-0.3, -0.25) is 0 Å². The first kappa shape index (κ1) is 12.4. The van der Waals surface area contributed by atoms with E-state index in [9.17, 15) is 4.79 Å². The molecular formula is C5H10Cl3NO2Si. The molecule has 0 radical (unpaired) electrons. The fraction of sp³-hybridized carbons (Fsp3) is 0.800. The SMILES string of the molecule is CNC(=O)OCCC[Si](Cl)(Cl)Cl. The van der Waals surface area contributed by atoms with E-state index in [2.05, 4.69) is 10.1 Å². The Labute approximate surface area is 86.4 Å². The summed E-state index contributed by atoms with van der Waals surface area (Å²) in [6.07, 6.45) is 0.136. The van der Waals surface area contributed by atoms with Gasteiger partial charge in [0.15, 0.2) is 0 Å². The molecule has 1 N–H and O–H groups in total. The van der Waals surface area contributed by atoms with Crippen LogP contribution in [0, 0.1) is 0 Å². The number of carbonyl (C=O) groups is 1. The molecule has 0 aliphatic carbocycles. The zero-order chi connectivity index (χ0) is 9.61. The zero-order valence-electron chi connectivity index (χ0n) is 6.57. The van der Waals surface area contributed by atoms with Crippen molar-refractivity contribution in [3.63, 3.8) is 0 Å². The van der Waals surface area contributed by atoms with Crippen molar-refractivity contribution in [3.8, 4) is 0 Å². The van der Waals surface area contributed by atoms with E-state index in [1.165, 1.54) is 7.05 Å². The van der Waals surface area contributed by atoms with Crippen LogP contribution in [-0.2, 0) is 4.74 Å². The van der Waals surface area contributed by atoms with Crippen molar-refractivity contribution in [3.05, 3.63) is 0 Å². The maximum atomic E-state index is 10.5. The maximum absolute atomic E-state index is 10.5. The third-order valence-electron chi connectivity index (χ3n) is 1.04. The van der Waals surface area contributed by atoms with Crippen LogP contribution >= 0.6 is 33.2 Å². The van der Waals surface area contributed by atoms with E-state index in [1.807, 2.05) is 0 Å². The molecule has 0 unspecified atom stereocenters. The summed E-state index contributed by atoms with van der Waals surface area (Å²) in [4.78, 5) is 10.5. The maximum Gasteiger partial charge on any atom is 0.406 e. The first-order chi connectivity index (χ1) is 5.45. The Bertz CT molecular complexity index is 150. The number of alkyl carbamates (subject to hydrolysis) is 1. The topological polar surface area (TPSA) is 38.3 Å². The second kappa shape index (κ2) is 5.91. The Balaban J connectivity index is 3.28. The third kappa shape index (κ3) is 8.45. The van der Waals surface area contributed by atoms with Crippen molar-refractivity contribution >= 4 is 45.3 Å². The van der Waals surface area contributed by atoms with Gasteiger partial charge in [0.05, 0.1) is 6.61 Å². The van der Waals surface area contributed by atoms with Crippen molar-refractivity contribution in [2.45, 2.75) is 12.5 Å². The van der Waals surface area contributed by atoms with Crippen molar-refractivity contribution in [1.29, 1.82) is 0 Å². The van der Waals surface area contributed by atoms with Crippen LogP contribution in [0.25, 0.3) is 0 Å². The molecule has 7 heteroatoms. The minimum Gasteiger partial charge on any atom is -0.450 e. The molecule has 3 nitrogen and oxygen atoms in total. The third-order valence-corrected chi connectivity index (χ3v) is 3.66. The molecule has 0 aliphatic rings. The summed E-state index contributed by atoms with van der Waals surface area (Å²) >= 11 is 16.8. The molecule has 0 aromatic rings. The van der Waals surface area contributed by atoms with Gasteiger partial charge < -0.3 is 10.1 Å². The summed E-state index contributed by atoms with van der Waals surface area (Å²) in [5.74, 6) is 0. The van der Waals surface area contributed by atoms with E-state index in [0.717, 1.165) is 0 Å². The highest BCUT2D eigenvalue weighted by Crippen LogP contribution is 2.26. The largest absolute Gasteiger partial charge is 0.450 e. The predicted octanol–water partition coefficient (Wildman–Crippen LogP) is 2.39. The number of rotatable bonds is 4. The highest BCUT2D eigenvalue weighted by molar-refractivity contribution is 7.64. The highest BCUT2D eigenvalue weighted by atomic mass is 35.8. The highest BCUT2D eigenvalue weighted by Gasteiger charge is 2.23. The molecule has 0 spiro atoms. The Morgan fingerprint density at radius 3 is 2.50 bits per heavy atom. The number of nitrogens with one attached hydrogen (secondary N) is 1. The first-order valence-electron chi connectivity index (χ1n) is 3.37. The molecule has 0 rings (SSSR count). The van der Waals surface area contributed by atoms with E-state index in [-0.39, 0.29) is 0 Å². The molecule has 1 amide bonds. The van der Waals surface area contributed by atoms with E-state index >= 15 is 0 Å². The van der Waals surface area contributed by atoms with Crippen LogP contribution in [0.5, 0.6) is 0 Å². The fourth-order valence-electron chi connectivity index (χ4n) is 0.510. The lowest BCUT2D eigenvalue weighted by Gasteiger charge is -2.07. The zero-order valence-corrected chi connectivity index (χ0v) is 9.84. The smallest absolute Gasteiger partial charge is 0.406 e. The van der Waals surface area contributed by atoms with Crippen molar-refractivity contribution < 1.29 is 9.53 Å². The van der Waals surface area contributed by atoms with Gasteiger partial charge >= 0.3 is 12.1 Å². The summed E-state index contributed by atoms with van der Waals surface area (Å²) in [6.45, 7) is 0.292. The van der Waals surface area contributed by atoms with Gasteiger partial charge in [-0.2, -0.15) is 0 Å². The lowest BCUT2D eigenvalue weighted by molar-refractivity contribution is 0.148. The molecule has 72 valence electrons. The number of carbonyl (C=O) groups excluding carboxylic acids is 1. The van der Waals surface area contributed by atoms with Crippen LogP contribution < -0.4 is 5.32 Å². The summed E-state index contributed by atoms with van der Waals surface area (Å²) < 4.78 is 4.68. The van der Waals surface area contributed by atoms with Gasteiger partial charge in [0.1, 0.15) is 0 Å². The normalized spacial score (nSPS) is 11.0. The van der Waals surface area contributed by atoms with Gasteiger partial charge in [-0.05, 0) is 12.5 Å². The molecule has 0 aliphatic heterocycles. The van der Waals surface area contributed by atoms with Crippen molar-refractivity contribution in [2.24, 2.45) is 0 Å². The second-order valence-corrected chi connectivity index (χ2v) is 11.4. The van der Waals surface area contributed by atoms with Gasteiger partial charge in [0, 0.05) is 7.05 Å². The standard InChI is InChI=1S/C5H10Cl3NO2Si/c1-9-5(10)11-3-2-4-12(6,7)8/h2-4H2,1H3,(H,9,10). The minimum absolute atomic E-state index is 0.292. The molecule has 12 heavy (non-hydrogen) atoms. The summed E-state index contributed by atoms with van der Waals surface area (Å²) in [5, 5.41) is 2.31. The lowest BCUT2D eigenvalue weighted by atomic mass is 10.5. The van der Waals surface area contributed by atoms with E-state index in [1.54, 1.807) is 0 Å². The Morgan fingerprint density at radius 1 is 1.50 bits per heavy atom. The molecular weight excluding hydrogens is 241 g/mol. The second-order valence-electron chi connectivity index (χ2n) is 2.10. The van der Waals surface area contributed by atoms with Crippen LogP contribution in [0.15, 0.2) is 0 Å². The predicted molar refractivity (Wildman–Crippen MR) is 53.1 cm³/mol. The van der Waals surface area contributed by atoms with Gasteiger partial charge in [0.25, 0.3) is 0 Å². The number of amides is 1. The molecule has 0 saturated heterocycles. The average molecular weight is 251 g/mol. The average Bonchev–Trinajstić information content (AvgIpc) is 1.96. The van der Waals surface area contributed by atoms with Crippen molar-refractivity contribution in [1.82, 2.24) is 5.32 Å². The van der Waals surface area contributed by atoms with Gasteiger partial charge in [-0.15, -0.1) is 33.2 Å². The number of halogens is 3. The molecule has 0 saturated carbocycles. The van der Waals surface area contributed by atoms with Gasteiger partial charge in [0.2, 0.25) is 0 Å². The molecule has 0 fully saturated rings. The molecule has 0 atom stereocenters. The first-order valence-corrected chi connectivity index (χ1v) is 8.61. The number of hydrogen-bond acceptors (Lipinski definition) is 2. The van der Waals surface area contributed by atoms with Crippen LogP contribution in [0.1, 0.15) is 6.42 Å². The summed E-state index contributed by atoms with van der Waals surface area (Å²) in [7, 11) is 1.49. The molecule has 0 heterocycles. The number of ether oxygens (including phenoxy) is 1. The van der Waals surface area contributed by atoms with E-state index < -0.39 is 12.1 Å². The summed E-state index contributed by atoms with van der Waals surface area (Å²) in [5.41, 5.74) is 0. The number of hydrogen-bond donors (Lipinski definition) is 1. The fourth-order valence-corrected chi connectivity index (χ4v) is 2.26. The Kier molecular flexibility index (Phi) is 6.09. The Morgan fingerprint density at radius 2 is 2.08 bits per heavy atom. The quantitative estimate of drug-likeness (QED) is 0.473. The minimum atomic E-state index is -2.53. The van der Waals surface area contributed by atoms with Crippen LogP contribution in [0.3, 0.4) is 0 Å². The molecule has 0 aromatic carbocycles. The van der Waals surface area contributed by atoms with Crippen LogP contribution in [0.2, 0.25) is 6.04 Å². The Hall–Kier alpha value is 0.357. The molecule has 0 bridgehead atoms. The van der Waals surface area contributed by atoms with E-state index in [0.29, 0.717) is 19.1 Å². The monoisotopic (exact) mass is 249 g/mol. The van der Waals surface area contributed by atoms with Gasteiger partial charge in [-0.1, -0.05) is 0 Å². The van der Waals surface area contributed by atoms with Crippen LogP contribution in [-0.4, -0.2) is 25.8 Å². The molecule has 0 aromatic heterocycles. The van der Waals surface area contributed by atoms with Crippen molar-refractivity contribution in [2.75, 3.05) is 13.7 Å². The van der Waals surface area contributed by atoms with E-state index in [4.69, 9.17) is 33.2 Å². The summed E-state index contributed by atoms with van der Waals surface area (Å²) in [6, 6.07) is -2.03. The lowest BCUT2D eigenvalue weighted by Crippen LogP contribution is -2.20. The van der Waals surface area contributed by atoms with Gasteiger partial charge in [-0.25, -0.2) is 4.79 Å².